The second-order valence-electron chi connectivity index (χ2n) is 4.87. The van der Waals surface area contributed by atoms with Crippen LogP contribution in [0.15, 0.2) is 18.2 Å². The molecule has 1 atom stereocenters. The largest absolute Gasteiger partial charge is 0.489 e. The summed E-state index contributed by atoms with van der Waals surface area (Å²) in [6.07, 6.45) is 2.65. The Morgan fingerprint density at radius 1 is 1.29 bits per heavy atom. The summed E-state index contributed by atoms with van der Waals surface area (Å²) in [5, 5.41) is 0.128. The molecule has 1 unspecified atom stereocenters. The molecule has 0 amide bonds. The summed E-state index contributed by atoms with van der Waals surface area (Å²) >= 11 is 5.75. The van der Waals surface area contributed by atoms with Crippen LogP contribution in [0.4, 0.5) is 4.39 Å². The van der Waals surface area contributed by atoms with Gasteiger partial charge >= 0.3 is 0 Å². The second-order valence-corrected chi connectivity index (χ2v) is 5.28. The van der Waals surface area contributed by atoms with E-state index in [-0.39, 0.29) is 11.1 Å². The van der Waals surface area contributed by atoms with Gasteiger partial charge in [-0.3, -0.25) is 4.90 Å². The van der Waals surface area contributed by atoms with E-state index in [2.05, 4.69) is 4.90 Å². The highest BCUT2D eigenvalue weighted by Crippen LogP contribution is 2.31. The Hall–Kier alpha value is -0.800. The van der Waals surface area contributed by atoms with Crippen LogP contribution in [0, 0.1) is 11.7 Å². The number of halogens is 2. The zero-order chi connectivity index (χ0) is 11.8. The molecule has 3 aliphatic rings. The molecule has 0 spiro atoms. The SMILES string of the molecule is Fc1ccc(OC2CN3CCC2CC3)cc1Cl. The van der Waals surface area contributed by atoms with E-state index in [4.69, 9.17) is 16.3 Å². The van der Waals surface area contributed by atoms with Crippen LogP contribution < -0.4 is 4.74 Å². The van der Waals surface area contributed by atoms with Gasteiger partial charge in [-0.25, -0.2) is 4.39 Å². The van der Waals surface area contributed by atoms with Gasteiger partial charge in [-0.1, -0.05) is 11.6 Å². The Balaban J connectivity index is 1.72. The predicted molar refractivity (Wildman–Crippen MR) is 65.0 cm³/mol. The van der Waals surface area contributed by atoms with Crippen LogP contribution in [0.2, 0.25) is 5.02 Å². The highest BCUT2D eigenvalue weighted by Gasteiger charge is 2.35. The lowest BCUT2D eigenvalue weighted by atomic mass is 9.86. The van der Waals surface area contributed by atoms with Gasteiger partial charge < -0.3 is 4.74 Å². The first-order valence-corrected chi connectivity index (χ1v) is 6.44. The Kier molecular flexibility index (Phi) is 2.97. The van der Waals surface area contributed by atoms with Gasteiger partial charge in [0, 0.05) is 12.6 Å². The van der Waals surface area contributed by atoms with Crippen LogP contribution in [-0.4, -0.2) is 30.6 Å². The van der Waals surface area contributed by atoms with Crippen LogP contribution in [0.5, 0.6) is 5.75 Å². The molecule has 1 aromatic rings. The van der Waals surface area contributed by atoms with E-state index in [1.807, 2.05) is 0 Å². The number of hydrogen-bond donors (Lipinski definition) is 0. The third-order valence-corrected chi connectivity index (χ3v) is 4.06. The summed E-state index contributed by atoms with van der Waals surface area (Å²) in [4.78, 5) is 2.43. The van der Waals surface area contributed by atoms with Crippen molar-refractivity contribution in [2.75, 3.05) is 19.6 Å². The molecule has 17 heavy (non-hydrogen) atoms. The van der Waals surface area contributed by atoms with Gasteiger partial charge in [-0.2, -0.15) is 0 Å². The minimum Gasteiger partial charge on any atom is -0.489 e. The standard InChI is InChI=1S/C13H15ClFNO/c14-11-7-10(1-2-12(11)15)17-13-8-16-5-3-9(13)4-6-16/h1-2,7,9,13H,3-6,8H2. The van der Waals surface area contributed by atoms with Crippen molar-refractivity contribution >= 4 is 11.6 Å². The minimum absolute atomic E-state index is 0.128. The average molecular weight is 256 g/mol. The zero-order valence-electron chi connectivity index (χ0n) is 9.53. The Labute approximate surface area is 105 Å². The molecule has 92 valence electrons. The van der Waals surface area contributed by atoms with Gasteiger partial charge in [-0.15, -0.1) is 0 Å². The number of fused-ring (bicyclic) bond motifs is 3. The van der Waals surface area contributed by atoms with Gasteiger partial charge in [0.1, 0.15) is 17.7 Å². The van der Waals surface area contributed by atoms with Crippen LogP contribution in [0.3, 0.4) is 0 Å². The Bertz CT molecular complexity index is 418. The van der Waals surface area contributed by atoms with Crippen molar-refractivity contribution in [2.24, 2.45) is 5.92 Å². The number of rotatable bonds is 2. The smallest absolute Gasteiger partial charge is 0.142 e. The fraction of sp³-hybridized carbons (Fsp3) is 0.538. The maximum absolute atomic E-state index is 13.0. The summed E-state index contributed by atoms with van der Waals surface area (Å²) < 4.78 is 19.0. The normalized spacial score (nSPS) is 31.5. The van der Waals surface area contributed by atoms with Gasteiger partial charge in [0.15, 0.2) is 0 Å². The number of piperidine rings is 3. The van der Waals surface area contributed by atoms with E-state index < -0.39 is 5.82 Å². The first-order chi connectivity index (χ1) is 8.22. The third-order valence-electron chi connectivity index (χ3n) is 3.77. The van der Waals surface area contributed by atoms with Crippen LogP contribution in [0.25, 0.3) is 0 Å². The summed E-state index contributed by atoms with van der Waals surface area (Å²) in [5.74, 6) is 0.923. The molecule has 2 nitrogen and oxygen atoms in total. The van der Waals surface area contributed by atoms with Crippen molar-refractivity contribution in [3.8, 4) is 5.75 Å². The van der Waals surface area contributed by atoms with Gasteiger partial charge in [0.05, 0.1) is 5.02 Å². The van der Waals surface area contributed by atoms with Crippen molar-refractivity contribution in [3.05, 3.63) is 29.0 Å². The van der Waals surface area contributed by atoms with Crippen molar-refractivity contribution in [1.82, 2.24) is 4.90 Å². The molecule has 3 aliphatic heterocycles. The summed E-state index contributed by atoms with van der Waals surface area (Å²) in [6.45, 7) is 3.36. The molecule has 4 heteroatoms. The first kappa shape index (κ1) is 11.3. The summed E-state index contributed by atoms with van der Waals surface area (Å²) in [6, 6.07) is 4.58. The van der Waals surface area contributed by atoms with E-state index in [1.165, 1.54) is 32.0 Å². The van der Waals surface area contributed by atoms with E-state index in [1.54, 1.807) is 12.1 Å². The highest BCUT2D eigenvalue weighted by atomic mass is 35.5. The first-order valence-electron chi connectivity index (χ1n) is 6.06. The number of nitrogens with zero attached hydrogens (tertiary/aromatic N) is 1. The van der Waals surface area contributed by atoms with Gasteiger partial charge in [-0.05, 0) is 44.0 Å². The lowest BCUT2D eigenvalue weighted by Crippen LogP contribution is -2.52. The lowest BCUT2D eigenvalue weighted by molar-refractivity contribution is -0.00778. The van der Waals surface area contributed by atoms with E-state index in [9.17, 15) is 4.39 Å². The molecule has 0 aliphatic carbocycles. The molecule has 0 aromatic heterocycles. The maximum atomic E-state index is 13.0. The van der Waals surface area contributed by atoms with Crippen LogP contribution >= 0.6 is 11.6 Å². The molecular formula is C13H15ClFNO. The van der Waals surface area contributed by atoms with E-state index >= 15 is 0 Å². The predicted octanol–water partition coefficient (Wildman–Crippen LogP) is 2.95. The highest BCUT2D eigenvalue weighted by molar-refractivity contribution is 6.30. The molecule has 4 rings (SSSR count). The second kappa shape index (κ2) is 4.46. The van der Waals surface area contributed by atoms with E-state index in [0.717, 1.165) is 6.54 Å². The Morgan fingerprint density at radius 3 is 2.65 bits per heavy atom. The third kappa shape index (κ3) is 2.26. The van der Waals surface area contributed by atoms with Gasteiger partial charge in [0.2, 0.25) is 0 Å². The number of ether oxygens (including phenoxy) is 1. The minimum atomic E-state index is -0.395. The monoisotopic (exact) mass is 255 g/mol. The lowest BCUT2D eigenvalue weighted by Gasteiger charge is -2.44. The number of hydrogen-bond acceptors (Lipinski definition) is 2. The summed E-state index contributed by atoms with van der Waals surface area (Å²) in [7, 11) is 0. The van der Waals surface area contributed by atoms with Gasteiger partial charge in [0.25, 0.3) is 0 Å². The fourth-order valence-corrected chi connectivity index (χ4v) is 2.94. The van der Waals surface area contributed by atoms with Crippen molar-refractivity contribution < 1.29 is 9.13 Å². The molecule has 3 heterocycles. The molecule has 0 N–H and O–H groups in total. The molecule has 3 saturated heterocycles. The molecule has 1 aromatic carbocycles. The Morgan fingerprint density at radius 2 is 2.06 bits per heavy atom. The summed E-state index contributed by atoms with van der Waals surface area (Å²) in [5.41, 5.74) is 0. The molecule has 3 fully saturated rings. The maximum Gasteiger partial charge on any atom is 0.142 e. The molecule has 2 bridgehead atoms. The van der Waals surface area contributed by atoms with Crippen LogP contribution in [-0.2, 0) is 0 Å². The van der Waals surface area contributed by atoms with Crippen molar-refractivity contribution in [2.45, 2.75) is 18.9 Å². The fourth-order valence-electron chi connectivity index (χ4n) is 2.77. The molecule has 0 saturated carbocycles. The average Bonchev–Trinajstić information content (AvgIpc) is 2.35. The van der Waals surface area contributed by atoms with E-state index in [0.29, 0.717) is 11.7 Å². The van der Waals surface area contributed by atoms with Crippen molar-refractivity contribution in [3.63, 3.8) is 0 Å². The molecular weight excluding hydrogens is 241 g/mol. The topological polar surface area (TPSA) is 12.5 Å². The van der Waals surface area contributed by atoms with Crippen LogP contribution in [0.1, 0.15) is 12.8 Å². The quantitative estimate of drug-likeness (QED) is 0.806. The number of benzene rings is 1. The zero-order valence-corrected chi connectivity index (χ0v) is 10.3. The van der Waals surface area contributed by atoms with Crippen molar-refractivity contribution in [1.29, 1.82) is 0 Å². The molecule has 0 radical (unpaired) electrons.